The summed E-state index contributed by atoms with van der Waals surface area (Å²) < 4.78 is 37.8. The van der Waals surface area contributed by atoms with E-state index in [1.807, 2.05) is 26.0 Å². The van der Waals surface area contributed by atoms with Crippen molar-refractivity contribution in [2.45, 2.75) is 33.0 Å². The highest BCUT2D eigenvalue weighted by Crippen LogP contribution is 2.29. The Morgan fingerprint density at radius 1 is 1.10 bits per heavy atom. The van der Waals surface area contributed by atoms with Crippen LogP contribution in [0, 0.1) is 0 Å². The van der Waals surface area contributed by atoms with Crippen LogP contribution in [0.1, 0.15) is 40.5 Å². The maximum Gasteiger partial charge on any atom is 0.434 e. The van der Waals surface area contributed by atoms with Crippen LogP contribution < -0.4 is 16.0 Å². The first-order valence-electron chi connectivity index (χ1n) is 9.24. The Kier molecular flexibility index (Phi) is 11.1. The number of carbonyl (C=O) groups is 1. The number of nitrogens with zero attached hydrogens (tertiary/aromatic N) is 2. The normalized spacial score (nSPS) is 11.6. The van der Waals surface area contributed by atoms with Crippen LogP contribution >= 0.6 is 35.3 Å². The number of nitrogens with one attached hydrogen (secondary N) is 3. The Morgan fingerprint density at radius 3 is 2.33 bits per heavy atom. The molecule has 0 saturated carbocycles. The van der Waals surface area contributed by atoms with E-state index in [4.69, 9.17) is 0 Å². The maximum absolute atomic E-state index is 12.6. The number of benzene rings is 1. The lowest BCUT2D eigenvalue weighted by Crippen LogP contribution is -2.38. The van der Waals surface area contributed by atoms with Gasteiger partial charge in [0.2, 0.25) is 0 Å². The summed E-state index contributed by atoms with van der Waals surface area (Å²) in [5, 5.41) is 10.4. The molecule has 30 heavy (non-hydrogen) atoms. The average molecular weight is 555 g/mol. The highest BCUT2D eigenvalue weighted by atomic mass is 127. The zero-order chi connectivity index (χ0) is 21.3. The van der Waals surface area contributed by atoms with E-state index in [0.717, 1.165) is 22.3 Å². The number of carbonyl (C=O) groups excluding carboxylic acids is 1. The number of hydrogen-bond acceptors (Lipinski definition) is 4. The van der Waals surface area contributed by atoms with Crippen LogP contribution in [0.25, 0.3) is 0 Å². The molecule has 1 amide bonds. The minimum absolute atomic E-state index is 0. The summed E-state index contributed by atoms with van der Waals surface area (Å²) in [5.41, 5.74) is 0.672. The van der Waals surface area contributed by atoms with Gasteiger partial charge in [0, 0.05) is 37.0 Å². The van der Waals surface area contributed by atoms with Gasteiger partial charge in [-0.2, -0.15) is 13.2 Å². The lowest BCUT2D eigenvalue weighted by molar-refractivity contribution is -0.140. The van der Waals surface area contributed by atoms with E-state index >= 15 is 0 Å². The van der Waals surface area contributed by atoms with Crippen molar-refractivity contribution in [2.24, 2.45) is 4.99 Å². The summed E-state index contributed by atoms with van der Waals surface area (Å²) in [6.45, 7) is 5.82. The lowest BCUT2D eigenvalue weighted by atomic mass is 10.1. The average Bonchev–Trinajstić information content (AvgIpc) is 3.16. The largest absolute Gasteiger partial charge is 0.434 e. The van der Waals surface area contributed by atoms with Crippen LogP contribution in [0.15, 0.2) is 34.6 Å². The molecule has 11 heteroatoms. The zero-order valence-electron chi connectivity index (χ0n) is 16.7. The van der Waals surface area contributed by atoms with Crippen LogP contribution in [0.2, 0.25) is 0 Å². The molecule has 0 atom stereocenters. The fourth-order valence-corrected chi connectivity index (χ4v) is 3.18. The Morgan fingerprint density at radius 2 is 1.77 bits per heavy atom. The van der Waals surface area contributed by atoms with Gasteiger partial charge in [-0.25, -0.2) is 9.98 Å². The first kappa shape index (κ1) is 26.1. The zero-order valence-corrected chi connectivity index (χ0v) is 19.8. The van der Waals surface area contributed by atoms with E-state index in [9.17, 15) is 18.0 Å². The van der Waals surface area contributed by atoms with Gasteiger partial charge < -0.3 is 16.0 Å². The minimum Gasteiger partial charge on any atom is -0.357 e. The predicted molar refractivity (Wildman–Crippen MR) is 124 cm³/mol. The third kappa shape index (κ3) is 8.46. The molecule has 2 rings (SSSR count). The molecule has 2 aromatic rings. The second kappa shape index (κ2) is 12.7. The summed E-state index contributed by atoms with van der Waals surface area (Å²) >= 11 is 0.995. The molecule has 0 fully saturated rings. The van der Waals surface area contributed by atoms with Gasteiger partial charge in [-0.05, 0) is 31.5 Å². The summed E-state index contributed by atoms with van der Waals surface area (Å²) in [6, 6.07) is 7.17. The number of aliphatic imine (C=N–C) groups is 1. The van der Waals surface area contributed by atoms with Gasteiger partial charge in [0.1, 0.15) is 0 Å². The Hall–Kier alpha value is -1.89. The lowest BCUT2D eigenvalue weighted by Gasteiger charge is -2.11. The van der Waals surface area contributed by atoms with Crippen molar-refractivity contribution in [3.63, 3.8) is 0 Å². The molecule has 0 unspecified atom stereocenters. The topological polar surface area (TPSA) is 78.4 Å². The molecule has 0 aliphatic carbocycles. The number of thiazole rings is 1. The number of hydrogen-bond donors (Lipinski definition) is 3. The standard InChI is InChI=1S/C19H24F3N5OS.HI/c1-3-23-17(28)14-7-5-13(6-8-14)11-26-18(24-4-2)25-10-9-16-27-15(12-29-16)19(20,21)22;/h5-8,12H,3-4,9-11H2,1-2H3,(H,23,28)(H2,24,25,26);1H. The Balaban J connectivity index is 0.00000450. The van der Waals surface area contributed by atoms with Gasteiger partial charge in [0.25, 0.3) is 5.91 Å². The fraction of sp³-hybridized carbons (Fsp3) is 0.421. The Bertz CT molecular complexity index is 824. The molecule has 166 valence electrons. The maximum atomic E-state index is 12.6. The minimum atomic E-state index is -4.41. The molecule has 0 spiro atoms. The van der Waals surface area contributed by atoms with Gasteiger partial charge >= 0.3 is 6.18 Å². The smallest absolute Gasteiger partial charge is 0.357 e. The van der Waals surface area contributed by atoms with Gasteiger partial charge in [-0.15, -0.1) is 35.3 Å². The van der Waals surface area contributed by atoms with Crippen molar-refractivity contribution in [1.82, 2.24) is 20.9 Å². The van der Waals surface area contributed by atoms with Crippen molar-refractivity contribution in [2.75, 3.05) is 19.6 Å². The first-order chi connectivity index (χ1) is 13.8. The van der Waals surface area contributed by atoms with Gasteiger partial charge in [0.15, 0.2) is 11.7 Å². The fourth-order valence-electron chi connectivity index (χ4n) is 2.38. The molecule has 0 radical (unpaired) electrons. The van der Waals surface area contributed by atoms with Crippen LogP contribution in [-0.2, 0) is 19.1 Å². The summed E-state index contributed by atoms with van der Waals surface area (Å²) in [5.74, 6) is 0.446. The van der Waals surface area contributed by atoms with Gasteiger partial charge in [-0.3, -0.25) is 4.79 Å². The van der Waals surface area contributed by atoms with Crippen LogP contribution in [0.5, 0.6) is 0 Å². The van der Waals surface area contributed by atoms with Crippen molar-refractivity contribution in [3.05, 3.63) is 51.5 Å². The molecule has 1 aromatic carbocycles. The second-order valence-electron chi connectivity index (χ2n) is 6.05. The Labute approximate surface area is 194 Å². The molecule has 6 nitrogen and oxygen atoms in total. The van der Waals surface area contributed by atoms with Gasteiger partial charge in [0.05, 0.1) is 11.6 Å². The van der Waals surface area contributed by atoms with E-state index in [2.05, 4.69) is 25.9 Å². The number of guanidine groups is 1. The van der Waals surface area contributed by atoms with E-state index in [1.165, 1.54) is 0 Å². The molecule has 0 aliphatic heterocycles. The second-order valence-corrected chi connectivity index (χ2v) is 7.00. The van der Waals surface area contributed by atoms with E-state index in [1.54, 1.807) is 12.1 Å². The molecule has 0 aliphatic rings. The number of aromatic nitrogens is 1. The van der Waals surface area contributed by atoms with Gasteiger partial charge in [-0.1, -0.05) is 12.1 Å². The molecule has 1 aromatic heterocycles. The van der Waals surface area contributed by atoms with Crippen molar-refractivity contribution in [1.29, 1.82) is 0 Å². The molecular formula is C19H25F3IN5OS. The van der Waals surface area contributed by atoms with Crippen LogP contribution in [-0.4, -0.2) is 36.5 Å². The van der Waals surface area contributed by atoms with Crippen molar-refractivity contribution in [3.8, 4) is 0 Å². The molecule has 3 N–H and O–H groups in total. The van der Waals surface area contributed by atoms with E-state index in [0.29, 0.717) is 49.1 Å². The monoisotopic (exact) mass is 555 g/mol. The third-order valence-corrected chi connectivity index (χ3v) is 4.70. The van der Waals surface area contributed by atoms with Crippen molar-refractivity contribution < 1.29 is 18.0 Å². The predicted octanol–water partition coefficient (Wildman–Crippen LogP) is 3.83. The number of rotatable bonds is 8. The molecule has 1 heterocycles. The van der Waals surface area contributed by atoms with Crippen LogP contribution in [0.3, 0.4) is 0 Å². The SMILES string of the molecule is CCNC(=O)c1ccc(CN=C(NCC)NCCc2nc(C(F)(F)F)cs2)cc1.I. The highest BCUT2D eigenvalue weighted by molar-refractivity contribution is 14.0. The first-order valence-corrected chi connectivity index (χ1v) is 10.1. The quantitative estimate of drug-likeness (QED) is 0.263. The summed E-state index contributed by atoms with van der Waals surface area (Å²) in [4.78, 5) is 19.9. The third-order valence-electron chi connectivity index (χ3n) is 3.79. The highest BCUT2D eigenvalue weighted by Gasteiger charge is 2.33. The number of amides is 1. The van der Waals surface area contributed by atoms with Crippen LogP contribution in [0.4, 0.5) is 13.2 Å². The molecular weight excluding hydrogens is 530 g/mol. The molecule has 0 saturated heterocycles. The molecule has 0 bridgehead atoms. The summed E-state index contributed by atoms with van der Waals surface area (Å²) in [7, 11) is 0. The van der Waals surface area contributed by atoms with E-state index in [-0.39, 0.29) is 29.9 Å². The van der Waals surface area contributed by atoms with E-state index < -0.39 is 11.9 Å². The van der Waals surface area contributed by atoms with Crippen molar-refractivity contribution >= 4 is 47.2 Å². The summed E-state index contributed by atoms with van der Waals surface area (Å²) in [6.07, 6.45) is -4.04. The number of halogens is 4. The number of alkyl halides is 3.